The quantitative estimate of drug-likeness (QED) is 0.537. The maximum atomic E-state index is 13.7. The van der Waals surface area contributed by atoms with Gasteiger partial charge in [-0.05, 0) is 42.0 Å². The first-order valence-electron chi connectivity index (χ1n) is 12.1. The van der Waals surface area contributed by atoms with Gasteiger partial charge in [-0.1, -0.05) is 68.5 Å². The molecule has 6 nitrogen and oxygen atoms in total. The molecule has 0 unspecified atom stereocenters. The van der Waals surface area contributed by atoms with E-state index in [0.29, 0.717) is 31.8 Å². The summed E-state index contributed by atoms with van der Waals surface area (Å²) in [5.74, 6) is 1.00. The number of likely N-dealkylation sites (tertiary alicyclic amines) is 1. The summed E-state index contributed by atoms with van der Waals surface area (Å²) in [6, 6.07) is 17.7. The smallest absolute Gasteiger partial charge is 0.327 e. The molecule has 2 aromatic carbocycles. The highest BCUT2D eigenvalue weighted by molar-refractivity contribution is 6.07. The van der Waals surface area contributed by atoms with Crippen molar-refractivity contribution in [2.45, 2.75) is 38.8 Å². The summed E-state index contributed by atoms with van der Waals surface area (Å²) >= 11 is 0. The summed E-state index contributed by atoms with van der Waals surface area (Å²) in [6.07, 6.45) is 5.65. The minimum absolute atomic E-state index is 0.0477. The van der Waals surface area contributed by atoms with Gasteiger partial charge in [0.2, 0.25) is 0 Å². The molecular weight excluding hydrogens is 426 g/mol. The normalized spacial score (nSPS) is 18.6. The van der Waals surface area contributed by atoms with E-state index < -0.39 is 5.54 Å². The van der Waals surface area contributed by atoms with Crippen molar-refractivity contribution in [1.29, 1.82) is 0 Å². The predicted octanol–water partition coefficient (Wildman–Crippen LogP) is 4.66. The number of rotatable bonds is 8. The number of urea groups is 1. The van der Waals surface area contributed by atoms with Crippen LogP contribution in [-0.2, 0) is 11.3 Å². The van der Waals surface area contributed by atoms with Crippen molar-refractivity contribution >= 4 is 18.0 Å². The van der Waals surface area contributed by atoms with Crippen LogP contribution in [0.4, 0.5) is 4.79 Å². The van der Waals surface area contributed by atoms with E-state index in [4.69, 9.17) is 4.74 Å². The summed E-state index contributed by atoms with van der Waals surface area (Å²) in [6.45, 7) is 7.51. The molecule has 1 spiro atoms. The van der Waals surface area contributed by atoms with Gasteiger partial charge in [0, 0.05) is 26.2 Å². The second-order valence-corrected chi connectivity index (χ2v) is 9.67. The number of benzene rings is 2. The molecule has 3 amide bonds. The average Bonchev–Trinajstić information content (AvgIpc) is 3.03. The van der Waals surface area contributed by atoms with Crippen molar-refractivity contribution < 1.29 is 14.3 Å². The number of carbonyl (C=O) groups is 2. The molecule has 0 atom stereocenters. The highest BCUT2D eigenvalue weighted by Gasteiger charge is 2.57. The molecule has 180 valence electrons. The molecular formula is C28H35N3O3. The van der Waals surface area contributed by atoms with Crippen LogP contribution in [0.15, 0.2) is 60.7 Å². The zero-order chi connectivity index (χ0) is 24.1. The van der Waals surface area contributed by atoms with E-state index in [9.17, 15) is 9.59 Å². The average molecular weight is 462 g/mol. The van der Waals surface area contributed by atoms with Crippen molar-refractivity contribution in [2.75, 3.05) is 33.3 Å². The lowest BCUT2D eigenvalue weighted by atomic mass is 9.85. The van der Waals surface area contributed by atoms with Crippen molar-refractivity contribution in [3.63, 3.8) is 0 Å². The first-order chi connectivity index (χ1) is 16.4. The number of piperidine rings is 1. The van der Waals surface area contributed by atoms with Crippen LogP contribution < -0.4 is 4.74 Å². The number of methoxy groups -OCH3 is 1. The molecule has 0 aromatic heterocycles. The molecule has 2 saturated heterocycles. The third-order valence-electron chi connectivity index (χ3n) is 6.83. The number of ether oxygens (including phenoxy) is 1. The SMILES string of the molecule is COc1ccc(CN2C(=O)N(CC(C)C)C3(CCN(CC=Cc4ccccc4)CC3)C2=O)cc1. The predicted molar refractivity (Wildman–Crippen MR) is 134 cm³/mol. The molecule has 4 rings (SSSR count). The molecule has 6 heteroatoms. The van der Waals surface area contributed by atoms with Crippen LogP contribution in [0, 0.1) is 5.92 Å². The molecule has 34 heavy (non-hydrogen) atoms. The van der Waals surface area contributed by atoms with Gasteiger partial charge in [0.25, 0.3) is 5.91 Å². The molecule has 0 bridgehead atoms. The monoisotopic (exact) mass is 461 g/mol. The Morgan fingerprint density at radius 2 is 1.68 bits per heavy atom. The maximum absolute atomic E-state index is 13.7. The Morgan fingerprint density at radius 1 is 1.00 bits per heavy atom. The number of carbonyl (C=O) groups excluding carboxylic acids is 2. The minimum Gasteiger partial charge on any atom is -0.497 e. The summed E-state index contributed by atoms with van der Waals surface area (Å²) in [4.78, 5) is 32.8. The third kappa shape index (κ3) is 5.02. The van der Waals surface area contributed by atoms with E-state index in [1.54, 1.807) is 7.11 Å². The summed E-state index contributed by atoms with van der Waals surface area (Å²) in [5, 5.41) is 0. The first kappa shape index (κ1) is 24.0. The lowest BCUT2D eigenvalue weighted by Crippen LogP contribution is -2.57. The second kappa shape index (κ2) is 10.4. The molecule has 0 saturated carbocycles. The summed E-state index contributed by atoms with van der Waals surface area (Å²) < 4.78 is 5.23. The Labute approximate surface area is 202 Å². The van der Waals surface area contributed by atoms with E-state index in [1.807, 2.05) is 47.4 Å². The van der Waals surface area contributed by atoms with E-state index >= 15 is 0 Å². The number of amides is 3. The Bertz CT molecular complexity index is 1010. The van der Waals surface area contributed by atoms with Crippen molar-refractivity contribution in [1.82, 2.24) is 14.7 Å². The van der Waals surface area contributed by atoms with Gasteiger partial charge >= 0.3 is 6.03 Å². The Balaban J connectivity index is 1.45. The number of imide groups is 1. The summed E-state index contributed by atoms with van der Waals surface area (Å²) in [5.41, 5.74) is 1.38. The topological polar surface area (TPSA) is 53.1 Å². The van der Waals surface area contributed by atoms with Crippen LogP contribution in [0.5, 0.6) is 5.75 Å². The lowest BCUT2D eigenvalue weighted by molar-refractivity contribution is -0.136. The van der Waals surface area contributed by atoms with Gasteiger partial charge in [0.05, 0.1) is 13.7 Å². The van der Waals surface area contributed by atoms with Gasteiger partial charge in [-0.3, -0.25) is 14.6 Å². The van der Waals surface area contributed by atoms with Crippen LogP contribution in [0.2, 0.25) is 0 Å². The lowest BCUT2D eigenvalue weighted by Gasteiger charge is -2.42. The fourth-order valence-electron chi connectivity index (χ4n) is 4.94. The molecule has 0 aliphatic carbocycles. The number of nitrogens with zero attached hydrogens (tertiary/aromatic N) is 3. The summed E-state index contributed by atoms with van der Waals surface area (Å²) in [7, 11) is 1.62. The molecule has 2 aliphatic rings. The maximum Gasteiger partial charge on any atom is 0.327 e. The van der Waals surface area contributed by atoms with Gasteiger partial charge in [0.1, 0.15) is 11.3 Å². The molecule has 0 radical (unpaired) electrons. The van der Waals surface area contributed by atoms with Gasteiger partial charge in [-0.25, -0.2) is 4.79 Å². The van der Waals surface area contributed by atoms with Crippen LogP contribution in [0.25, 0.3) is 6.08 Å². The zero-order valence-electron chi connectivity index (χ0n) is 20.4. The van der Waals surface area contributed by atoms with E-state index in [0.717, 1.165) is 30.9 Å². The minimum atomic E-state index is -0.729. The van der Waals surface area contributed by atoms with Gasteiger partial charge in [0.15, 0.2) is 0 Å². The zero-order valence-corrected chi connectivity index (χ0v) is 20.4. The van der Waals surface area contributed by atoms with Crippen molar-refractivity contribution in [3.05, 3.63) is 71.8 Å². The number of hydrogen-bond donors (Lipinski definition) is 0. The molecule has 2 aliphatic heterocycles. The molecule has 2 aromatic rings. The van der Waals surface area contributed by atoms with E-state index in [1.165, 1.54) is 10.5 Å². The van der Waals surface area contributed by atoms with Crippen molar-refractivity contribution in [3.8, 4) is 5.75 Å². The number of hydrogen-bond acceptors (Lipinski definition) is 4. The van der Waals surface area contributed by atoms with Crippen molar-refractivity contribution in [2.24, 2.45) is 5.92 Å². The molecule has 2 fully saturated rings. The molecule has 0 N–H and O–H groups in total. The third-order valence-corrected chi connectivity index (χ3v) is 6.83. The largest absolute Gasteiger partial charge is 0.497 e. The van der Waals surface area contributed by atoms with E-state index in [2.05, 4.69) is 43.0 Å². The fraction of sp³-hybridized carbons (Fsp3) is 0.429. The van der Waals surface area contributed by atoms with E-state index in [-0.39, 0.29) is 11.9 Å². The van der Waals surface area contributed by atoms with Crippen LogP contribution in [-0.4, -0.2) is 65.5 Å². The van der Waals surface area contributed by atoms with Crippen LogP contribution >= 0.6 is 0 Å². The highest BCUT2D eigenvalue weighted by atomic mass is 16.5. The first-order valence-corrected chi connectivity index (χ1v) is 12.1. The fourth-order valence-corrected chi connectivity index (χ4v) is 4.94. The second-order valence-electron chi connectivity index (χ2n) is 9.67. The standard InChI is InChI=1S/C28H35N3O3/c1-22(2)20-31-27(33)30(21-24-11-13-25(34-3)14-12-24)26(32)28(31)15-18-29(19-16-28)17-7-10-23-8-5-4-6-9-23/h4-14,22H,15-21H2,1-3H3. The van der Waals surface area contributed by atoms with Gasteiger partial charge in [-0.2, -0.15) is 0 Å². The Hall–Kier alpha value is -3.12. The Kier molecular flexibility index (Phi) is 7.37. The van der Waals surface area contributed by atoms with Gasteiger partial charge < -0.3 is 9.64 Å². The molecule has 2 heterocycles. The van der Waals surface area contributed by atoms with Crippen LogP contribution in [0.3, 0.4) is 0 Å². The Morgan fingerprint density at radius 3 is 2.29 bits per heavy atom. The van der Waals surface area contributed by atoms with Gasteiger partial charge in [-0.15, -0.1) is 0 Å². The van der Waals surface area contributed by atoms with Crippen LogP contribution in [0.1, 0.15) is 37.8 Å². The highest BCUT2D eigenvalue weighted by Crippen LogP contribution is 2.38.